The number of fused-ring (bicyclic) bond motifs is 3. The van der Waals surface area contributed by atoms with Gasteiger partial charge in [0.25, 0.3) is 0 Å². The van der Waals surface area contributed by atoms with Crippen LogP contribution in [0.25, 0.3) is 33.7 Å². The maximum absolute atomic E-state index is 14.4. The maximum Gasteiger partial charge on any atom is 0.301 e. The predicted octanol–water partition coefficient (Wildman–Crippen LogP) is 4.06. The highest BCUT2D eigenvalue weighted by atomic mass is 19.1. The number of hydrogen-bond donors (Lipinski definition) is 0. The van der Waals surface area contributed by atoms with Crippen molar-refractivity contribution in [3.05, 3.63) is 113 Å². The van der Waals surface area contributed by atoms with Gasteiger partial charge in [-0.2, -0.15) is 20.0 Å². The van der Waals surface area contributed by atoms with Gasteiger partial charge >= 0.3 is 5.56 Å². The monoisotopic (exact) mass is 436 g/mol. The second-order valence-corrected chi connectivity index (χ2v) is 7.66. The van der Waals surface area contributed by atoms with Gasteiger partial charge in [0.15, 0.2) is 5.69 Å². The maximum atomic E-state index is 14.4. The molecule has 0 N–H and O–H groups in total. The molecule has 6 rings (SSSR count). The first-order valence-electron chi connectivity index (χ1n) is 10.4. The van der Waals surface area contributed by atoms with Gasteiger partial charge in [-0.25, -0.2) is 9.07 Å². The first-order chi connectivity index (χ1) is 16.2. The third kappa shape index (κ3) is 3.20. The van der Waals surface area contributed by atoms with Gasteiger partial charge in [-0.05, 0) is 42.0 Å². The molecular weight excluding hydrogens is 419 g/mol. The molecule has 0 radical (unpaired) electrons. The molecule has 3 aromatic carbocycles. The van der Waals surface area contributed by atoms with Gasteiger partial charge in [-0.1, -0.05) is 42.5 Å². The van der Waals surface area contributed by atoms with E-state index in [2.05, 4.69) is 15.3 Å². The highest BCUT2D eigenvalue weighted by molar-refractivity contribution is 5.92. The summed E-state index contributed by atoms with van der Waals surface area (Å²) < 4.78 is 19.0. The summed E-state index contributed by atoms with van der Waals surface area (Å²) in [6.45, 7) is 0.458. The summed E-state index contributed by atoms with van der Waals surface area (Å²) in [4.78, 5) is 13.2. The molecule has 0 amide bonds. The average molecular weight is 436 g/mol. The number of aromatic nitrogens is 6. The summed E-state index contributed by atoms with van der Waals surface area (Å²) in [7, 11) is 0. The van der Waals surface area contributed by atoms with Crippen LogP contribution in [0.3, 0.4) is 0 Å². The number of halogens is 1. The third-order valence-corrected chi connectivity index (χ3v) is 5.60. The van der Waals surface area contributed by atoms with Crippen LogP contribution in [0.1, 0.15) is 5.56 Å². The van der Waals surface area contributed by atoms with E-state index >= 15 is 0 Å². The van der Waals surface area contributed by atoms with Crippen LogP contribution in [0.5, 0.6) is 0 Å². The van der Waals surface area contributed by atoms with Crippen molar-refractivity contribution < 1.29 is 4.39 Å². The Labute approximate surface area is 187 Å². The Balaban J connectivity index is 1.48. The van der Waals surface area contributed by atoms with Crippen LogP contribution in [0.4, 0.5) is 4.39 Å². The lowest BCUT2D eigenvalue weighted by molar-refractivity contribution is 0.609. The molecule has 0 unspecified atom stereocenters. The summed E-state index contributed by atoms with van der Waals surface area (Å²) in [6.07, 6.45) is 3.62. The Morgan fingerprint density at radius 2 is 1.61 bits per heavy atom. The lowest BCUT2D eigenvalue weighted by Crippen LogP contribution is -2.18. The molecule has 2 aliphatic rings. The fraction of sp³-hybridized carbons (Fsp3) is 0.0400. The summed E-state index contributed by atoms with van der Waals surface area (Å²) in [6, 6.07) is 23.6. The standard InChI is InChI=1S/C25H17FN6O/c26-20-7-2-4-9-22(20)32-25(33)24-23(29-32)19-6-1-3-8-21(19)31(28-24)16-17-10-12-18(13-11-17)30-15-5-14-27-30/h1-15H,16H2. The zero-order chi connectivity index (χ0) is 22.4. The van der Waals surface area contributed by atoms with Crippen LogP contribution >= 0.6 is 0 Å². The second-order valence-electron chi connectivity index (χ2n) is 7.66. The van der Waals surface area contributed by atoms with E-state index in [0.29, 0.717) is 12.2 Å². The third-order valence-electron chi connectivity index (χ3n) is 5.60. The van der Waals surface area contributed by atoms with E-state index < -0.39 is 11.4 Å². The Morgan fingerprint density at radius 3 is 2.39 bits per heavy atom. The van der Waals surface area contributed by atoms with Crippen LogP contribution in [-0.4, -0.2) is 29.3 Å². The van der Waals surface area contributed by atoms with Crippen molar-refractivity contribution in [2.75, 3.05) is 0 Å². The molecule has 0 bridgehead atoms. The van der Waals surface area contributed by atoms with E-state index in [9.17, 15) is 9.18 Å². The molecule has 4 aromatic rings. The fourth-order valence-electron chi connectivity index (χ4n) is 4.00. The summed E-state index contributed by atoms with van der Waals surface area (Å²) in [5.74, 6) is -0.517. The highest BCUT2D eigenvalue weighted by Crippen LogP contribution is 2.27. The fourth-order valence-corrected chi connectivity index (χ4v) is 4.00. The SMILES string of the molecule is O=c1c2nn(Cc3ccc(-n4cccn4)cc3)c3ccccc3c-2nn1-c1ccccc1F. The van der Waals surface area contributed by atoms with Gasteiger partial charge in [-0.15, -0.1) is 0 Å². The smallest absolute Gasteiger partial charge is 0.265 e. The molecule has 0 spiro atoms. The number of hydrogen-bond acceptors (Lipinski definition) is 4. The van der Waals surface area contributed by atoms with Crippen LogP contribution in [0.2, 0.25) is 0 Å². The van der Waals surface area contributed by atoms with Crippen molar-refractivity contribution in [2.45, 2.75) is 6.54 Å². The second kappa shape index (κ2) is 7.52. The molecular formula is C25H17FN6O. The number of para-hydroxylation sites is 2. The molecule has 1 aromatic heterocycles. The Kier molecular flexibility index (Phi) is 4.36. The largest absolute Gasteiger partial charge is 0.301 e. The molecule has 160 valence electrons. The molecule has 0 aliphatic carbocycles. The van der Waals surface area contributed by atoms with E-state index in [-0.39, 0.29) is 11.4 Å². The van der Waals surface area contributed by atoms with Gasteiger partial charge in [0, 0.05) is 17.8 Å². The molecule has 7 nitrogen and oxygen atoms in total. The minimum atomic E-state index is -0.517. The van der Waals surface area contributed by atoms with Crippen LogP contribution < -0.4 is 5.56 Å². The first kappa shape index (κ1) is 19.1. The lowest BCUT2D eigenvalue weighted by Gasteiger charge is -2.12. The van der Waals surface area contributed by atoms with Gasteiger partial charge in [-0.3, -0.25) is 9.48 Å². The van der Waals surface area contributed by atoms with Gasteiger partial charge in [0.1, 0.15) is 17.2 Å². The molecule has 8 heteroatoms. The normalized spacial score (nSPS) is 11.4. The van der Waals surface area contributed by atoms with E-state index in [1.165, 1.54) is 12.1 Å². The van der Waals surface area contributed by atoms with Crippen molar-refractivity contribution in [1.82, 2.24) is 29.3 Å². The lowest BCUT2D eigenvalue weighted by atomic mass is 10.1. The molecule has 0 fully saturated rings. The van der Waals surface area contributed by atoms with E-state index in [4.69, 9.17) is 0 Å². The predicted molar refractivity (Wildman–Crippen MR) is 122 cm³/mol. The molecule has 0 saturated carbocycles. The minimum absolute atomic E-state index is 0.102. The first-order valence-corrected chi connectivity index (χ1v) is 10.4. The van der Waals surface area contributed by atoms with Crippen LogP contribution in [-0.2, 0) is 6.54 Å². The molecule has 3 heterocycles. The molecule has 0 atom stereocenters. The van der Waals surface area contributed by atoms with E-state index in [1.807, 2.05) is 60.8 Å². The average Bonchev–Trinajstić information content (AvgIpc) is 3.49. The zero-order valence-electron chi connectivity index (χ0n) is 17.3. The topological polar surface area (TPSA) is 70.5 Å². The quantitative estimate of drug-likeness (QED) is 0.418. The van der Waals surface area contributed by atoms with Gasteiger partial charge in [0.2, 0.25) is 0 Å². The summed E-state index contributed by atoms with van der Waals surface area (Å²) in [5.41, 5.74) is 3.10. The Bertz CT molecular complexity index is 1620. The molecule has 33 heavy (non-hydrogen) atoms. The minimum Gasteiger partial charge on any atom is -0.265 e. The number of benzene rings is 3. The summed E-state index contributed by atoms with van der Waals surface area (Å²) >= 11 is 0. The zero-order valence-corrected chi connectivity index (χ0v) is 17.3. The van der Waals surface area contributed by atoms with Crippen molar-refractivity contribution in [1.29, 1.82) is 0 Å². The van der Waals surface area contributed by atoms with Crippen LogP contribution in [0, 0.1) is 5.82 Å². The van der Waals surface area contributed by atoms with Crippen molar-refractivity contribution in [3.63, 3.8) is 0 Å². The number of nitrogens with zero attached hydrogens (tertiary/aromatic N) is 6. The Hall–Kier alpha value is -4.59. The van der Waals surface area contributed by atoms with Crippen molar-refractivity contribution >= 4 is 10.9 Å². The van der Waals surface area contributed by atoms with Gasteiger partial charge < -0.3 is 0 Å². The van der Waals surface area contributed by atoms with E-state index in [0.717, 1.165) is 26.8 Å². The van der Waals surface area contributed by atoms with Gasteiger partial charge in [0.05, 0.1) is 17.7 Å². The van der Waals surface area contributed by atoms with Crippen molar-refractivity contribution in [2.24, 2.45) is 0 Å². The molecule has 0 saturated heterocycles. The molecule has 2 aliphatic heterocycles. The van der Waals surface area contributed by atoms with E-state index in [1.54, 1.807) is 27.7 Å². The van der Waals surface area contributed by atoms with Crippen LogP contribution in [0.15, 0.2) is 96.1 Å². The summed E-state index contributed by atoms with van der Waals surface area (Å²) in [5, 5.41) is 14.1. The highest BCUT2D eigenvalue weighted by Gasteiger charge is 2.23. The number of rotatable bonds is 4. The Morgan fingerprint density at radius 1 is 0.818 bits per heavy atom. The van der Waals surface area contributed by atoms with Crippen molar-refractivity contribution in [3.8, 4) is 22.8 Å².